The quantitative estimate of drug-likeness (QED) is 0.450. The van der Waals surface area contributed by atoms with Crippen molar-refractivity contribution in [2.45, 2.75) is 25.3 Å². The van der Waals surface area contributed by atoms with Crippen molar-refractivity contribution in [2.75, 3.05) is 6.54 Å². The minimum absolute atomic E-state index is 0.0183. The van der Waals surface area contributed by atoms with E-state index in [0.29, 0.717) is 18.0 Å². The summed E-state index contributed by atoms with van der Waals surface area (Å²) in [4.78, 5) is 12.6. The highest BCUT2D eigenvalue weighted by molar-refractivity contribution is 6.30. The van der Waals surface area contributed by atoms with Crippen LogP contribution in [0.4, 0.5) is 0 Å². The van der Waals surface area contributed by atoms with Crippen LogP contribution in [0, 0.1) is 0 Å². The van der Waals surface area contributed by atoms with Crippen LogP contribution in [-0.4, -0.2) is 31.6 Å². The second-order valence-corrected chi connectivity index (χ2v) is 7.34. The molecule has 29 heavy (non-hydrogen) atoms. The lowest BCUT2D eigenvalue weighted by atomic mass is 10.0. The molecule has 1 N–H and O–H groups in total. The smallest absolute Gasteiger partial charge is 0.222 e. The summed E-state index contributed by atoms with van der Waals surface area (Å²) in [5.41, 5.74) is 1.89. The number of nitrogens with one attached hydrogen (secondary N) is 1. The number of nitrogens with zero attached hydrogens (tertiary/aromatic N) is 4. The number of carbonyl (C=O) groups excluding carboxylic acids is 1. The molecule has 0 saturated heterocycles. The van der Waals surface area contributed by atoms with E-state index in [9.17, 15) is 4.79 Å². The summed E-state index contributed by atoms with van der Waals surface area (Å²) in [5, 5.41) is 12.1. The molecular formula is C22H22ClN5O. The predicted octanol–water partition coefficient (Wildman–Crippen LogP) is 3.91. The Morgan fingerprint density at radius 3 is 2.55 bits per heavy atom. The number of rotatable bonds is 8. The molecule has 0 spiro atoms. The van der Waals surface area contributed by atoms with Crippen molar-refractivity contribution in [1.29, 1.82) is 0 Å². The number of aromatic nitrogens is 4. The standard InChI is InChI=1S/C22H22ClN5O/c23-18-10-8-17(9-11-18)19(27-13-3-4-14-27)16-22(29)24-12-5-7-21-26-25-20-6-1-2-15-28(20)21/h1-4,6,8-11,13-15,19H,5,7,12,16H2,(H,24,29)/t19-/m1/s1. The van der Waals surface area contributed by atoms with Crippen molar-refractivity contribution < 1.29 is 4.79 Å². The fourth-order valence-corrected chi connectivity index (χ4v) is 3.55. The number of aryl methyl sites for hydroxylation is 1. The summed E-state index contributed by atoms with van der Waals surface area (Å²) in [6.45, 7) is 0.597. The number of halogens is 1. The van der Waals surface area contributed by atoms with Gasteiger partial charge in [0.15, 0.2) is 5.65 Å². The Kier molecular flexibility index (Phi) is 5.91. The molecule has 6 nitrogen and oxygen atoms in total. The zero-order valence-electron chi connectivity index (χ0n) is 15.9. The zero-order chi connectivity index (χ0) is 20.1. The third kappa shape index (κ3) is 4.66. The van der Waals surface area contributed by atoms with E-state index in [1.165, 1.54) is 0 Å². The molecule has 1 amide bonds. The molecule has 0 radical (unpaired) electrons. The van der Waals surface area contributed by atoms with E-state index in [2.05, 4.69) is 15.5 Å². The first kappa shape index (κ1) is 19.2. The molecule has 1 aromatic carbocycles. The maximum absolute atomic E-state index is 12.6. The maximum Gasteiger partial charge on any atom is 0.222 e. The van der Waals surface area contributed by atoms with Crippen LogP contribution in [0.3, 0.4) is 0 Å². The van der Waals surface area contributed by atoms with Crippen molar-refractivity contribution in [3.8, 4) is 0 Å². The number of amides is 1. The van der Waals surface area contributed by atoms with Crippen molar-refractivity contribution >= 4 is 23.2 Å². The molecule has 3 aromatic heterocycles. The van der Waals surface area contributed by atoms with Crippen molar-refractivity contribution in [3.05, 3.63) is 89.6 Å². The molecule has 0 saturated carbocycles. The average Bonchev–Trinajstić information content (AvgIpc) is 3.41. The molecular weight excluding hydrogens is 386 g/mol. The molecule has 1 atom stereocenters. The van der Waals surface area contributed by atoms with E-state index < -0.39 is 0 Å². The average molecular weight is 408 g/mol. The number of fused-ring (bicyclic) bond motifs is 1. The van der Waals surface area contributed by atoms with Gasteiger partial charge >= 0.3 is 0 Å². The number of carbonyl (C=O) groups is 1. The van der Waals surface area contributed by atoms with Gasteiger partial charge in [-0.05, 0) is 48.4 Å². The first-order valence-electron chi connectivity index (χ1n) is 9.64. The van der Waals surface area contributed by atoms with Crippen LogP contribution in [0.2, 0.25) is 5.02 Å². The van der Waals surface area contributed by atoms with E-state index in [1.807, 2.05) is 82.2 Å². The monoisotopic (exact) mass is 407 g/mol. The van der Waals surface area contributed by atoms with Gasteiger partial charge in [-0.1, -0.05) is 29.8 Å². The molecule has 4 aromatic rings. The largest absolute Gasteiger partial charge is 0.356 e. The summed E-state index contributed by atoms with van der Waals surface area (Å²) in [5.74, 6) is 0.922. The molecule has 7 heteroatoms. The summed E-state index contributed by atoms with van der Waals surface area (Å²) in [6.07, 6.45) is 7.83. The van der Waals surface area contributed by atoms with Crippen LogP contribution in [0.15, 0.2) is 73.2 Å². The SMILES string of the molecule is O=C(C[C@H](c1ccc(Cl)cc1)n1cccc1)NCCCc1nnc2ccccn12. The molecule has 0 aliphatic carbocycles. The molecule has 3 heterocycles. The van der Waals surface area contributed by atoms with Gasteiger partial charge in [0.2, 0.25) is 5.91 Å². The first-order valence-corrected chi connectivity index (χ1v) is 10.0. The van der Waals surface area contributed by atoms with Crippen LogP contribution >= 0.6 is 11.6 Å². The van der Waals surface area contributed by atoms with Crippen molar-refractivity contribution in [3.63, 3.8) is 0 Å². The van der Waals surface area contributed by atoms with E-state index >= 15 is 0 Å². The zero-order valence-corrected chi connectivity index (χ0v) is 16.7. The summed E-state index contributed by atoms with van der Waals surface area (Å²) < 4.78 is 4.02. The van der Waals surface area contributed by atoms with Gasteiger partial charge in [-0.25, -0.2) is 0 Å². The van der Waals surface area contributed by atoms with E-state index in [0.717, 1.165) is 29.9 Å². The van der Waals surface area contributed by atoms with Gasteiger partial charge in [0.1, 0.15) is 5.82 Å². The highest BCUT2D eigenvalue weighted by atomic mass is 35.5. The highest BCUT2D eigenvalue weighted by Crippen LogP contribution is 2.24. The minimum atomic E-state index is -0.0669. The van der Waals surface area contributed by atoms with Gasteiger partial charge in [-0.3, -0.25) is 9.20 Å². The Morgan fingerprint density at radius 1 is 1.00 bits per heavy atom. The third-order valence-electron chi connectivity index (χ3n) is 4.90. The van der Waals surface area contributed by atoms with Gasteiger partial charge < -0.3 is 9.88 Å². The highest BCUT2D eigenvalue weighted by Gasteiger charge is 2.17. The van der Waals surface area contributed by atoms with Crippen LogP contribution in [0.5, 0.6) is 0 Å². The van der Waals surface area contributed by atoms with Crippen LogP contribution in [-0.2, 0) is 11.2 Å². The minimum Gasteiger partial charge on any atom is -0.356 e. The number of benzene rings is 1. The summed E-state index contributed by atoms with van der Waals surface area (Å²) in [6, 6.07) is 17.3. The third-order valence-corrected chi connectivity index (χ3v) is 5.16. The van der Waals surface area contributed by atoms with Crippen molar-refractivity contribution in [1.82, 2.24) is 24.5 Å². The molecule has 4 rings (SSSR count). The summed E-state index contributed by atoms with van der Waals surface area (Å²) in [7, 11) is 0. The van der Waals surface area contributed by atoms with Crippen LogP contribution in [0.1, 0.15) is 30.3 Å². The predicted molar refractivity (Wildman–Crippen MR) is 113 cm³/mol. The van der Waals surface area contributed by atoms with Crippen molar-refractivity contribution in [2.24, 2.45) is 0 Å². The second-order valence-electron chi connectivity index (χ2n) is 6.90. The molecule has 0 aliphatic heterocycles. The Balaban J connectivity index is 1.33. The van der Waals surface area contributed by atoms with Gasteiger partial charge in [0, 0.05) is 36.6 Å². The molecule has 0 unspecified atom stereocenters. The van der Waals surface area contributed by atoms with E-state index in [-0.39, 0.29) is 11.9 Å². The molecule has 0 bridgehead atoms. The Bertz CT molecular complexity index is 1070. The maximum atomic E-state index is 12.6. The topological polar surface area (TPSA) is 64.2 Å². The van der Waals surface area contributed by atoms with Gasteiger partial charge in [-0.15, -0.1) is 10.2 Å². The first-order chi connectivity index (χ1) is 14.2. The lowest BCUT2D eigenvalue weighted by Gasteiger charge is -2.19. The normalized spacial score (nSPS) is 12.2. The fraction of sp³-hybridized carbons (Fsp3) is 0.227. The van der Waals surface area contributed by atoms with Gasteiger partial charge in [0.05, 0.1) is 12.5 Å². The van der Waals surface area contributed by atoms with Gasteiger partial charge in [-0.2, -0.15) is 0 Å². The molecule has 0 aliphatic rings. The van der Waals surface area contributed by atoms with E-state index in [4.69, 9.17) is 11.6 Å². The Morgan fingerprint density at radius 2 is 1.76 bits per heavy atom. The lowest BCUT2D eigenvalue weighted by Crippen LogP contribution is -2.28. The second kappa shape index (κ2) is 8.92. The Hall–Kier alpha value is -3.12. The fourth-order valence-electron chi connectivity index (χ4n) is 3.42. The summed E-state index contributed by atoms with van der Waals surface area (Å²) >= 11 is 6.01. The Labute approximate surface area is 174 Å². The van der Waals surface area contributed by atoms with Crippen LogP contribution in [0.25, 0.3) is 5.65 Å². The lowest BCUT2D eigenvalue weighted by molar-refractivity contribution is -0.121. The van der Waals surface area contributed by atoms with Gasteiger partial charge in [0.25, 0.3) is 0 Å². The van der Waals surface area contributed by atoms with Crippen LogP contribution < -0.4 is 5.32 Å². The number of hydrogen-bond donors (Lipinski definition) is 1. The number of pyridine rings is 1. The molecule has 0 fully saturated rings. The van der Waals surface area contributed by atoms with E-state index in [1.54, 1.807) is 0 Å². The number of hydrogen-bond acceptors (Lipinski definition) is 3. The molecule has 148 valence electrons.